The van der Waals surface area contributed by atoms with E-state index in [9.17, 15) is 31.1 Å². The van der Waals surface area contributed by atoms with Crippen LogP contribution in [0.25, 0.3) is 0 Å². The summed E-state index contributed by atoms with van der Waals surface area (Å²) in [4.78, 5) is 11.7. The minimum atomic E-state index is -5.92. The first-order valence-corrected chi connectivity index (χ1v) is 8.76. The molecule has 0 atom stereocenters. The van der Waals surface area contributed by atoms with E-state index >= 15 is 0 Å². The van der Waals surface area contributed by atoms with Crippen LogP contribution in [0.5, 0.6) is 5.75 Å². The van der Waals surface area contributed by atoms with Crippen LogP contribution in [0.2, 0.25) is 0 Å². The average Bonchev–Trinajstić information content (AvgIpc) is 2.41. The number of rotatable bonds is 4. The highest BCUT2D eigenvalue weighted by atomic mass is 79.9. The Morgan fingerprint density at radius 1 is 0.889 bits per heavy atom. The third kappa shape index (κ3) is 5.39. The molecule has 0 spiro atoms. The zero-order chi connectivity index (χ0) is 21.5. The lowest BCUT2D eigenvalue weighted by Crippen LogP contribution is -2.59. The lowest BCUT2D eigenvalue weighted by molar-refractivity contribution is -0.259. The molecule has 0 aliphatic heterocycles. The number of esters is 1. The van der Waals surface area contributed by atoms with Crippen LogP contribution in [0, 0.1) is 5.41 Å². The van der Waals surface area contributed by atoms with Gasteiger partial charge in [-0.3, -0.25) is 0 Å². The zero-order valence-corrected chi connectivity index (χ0v) is 17.1. The second kappa shape index (κ2) is 7.29. The quantitative estimate of drug-likeness (QED) is 0.219. The second-order valence-electron chi connectivity index (χ2n) is 8.19. The first-order chi connectivity index (χ1) is 11.8. The number of carbonyl (C=O) groups excluding carboxylic acids is 1. The van der Waals surface area contributed by atoms with Gasteiger partial charge in [-0.05, 0) is 34.9 Å². The lowest BCUT2D eigenvalue weighted by Gasteiger charge is -2.33. The van der Waals surface area contributed by atoms with E-state index in [2.05, 4.69) is 25.5 Å². The number of hydrogen-bond donors (Lipinski definition) is 0. The van der Waals surface area contributed by atoms with Crippen molar-refractivity contribution >= 4 is 21.9 Å². The predicted molar refractivity (Wildman–Crippen MR) is 92.9 cm³/mol. The third-order valence-corrected chi connectivity index (χ3v) is 5.10. The first-order valence-electron chi connectivity index (χ1n) is 7.96. The van der Waals surface area contributed by atoms with Crippen molar-refractivity contribution < 1.29 is 35.9 Å². The number of hydrogen-bond acceptors (Lipinski definition) is 2. The van der Waals surface area contributed by atoms with Gasteiger partial charge in [-0.25, -0.2) is 4.79 Å². The van der Waals surface area contributed by atoms with Crippen LogP contribution in [0.15, 0.2) is 24.3 Å². The van der Waals surface area contributed by atoms with Gasteiger partial charge in [0.15, 0.2) is 0 Å². The number of carbonyl (C=O) groups is 1. The maximum atomic E-state index is 12.9. The molecule has 0 saturated carbocycles. The molecule has 0 aliphatic rings. The Hall–Kier alpha value is -1.25. The molecule has 9 heteroatoms. The van der Waals surface area contributed by atoms with Gasteiger partial charge in [0.25, 0.3) is 0 Å². The Balaban J connectivity index is 3.09. The Morgan fingerprint density at radius 3 is 1.63 bits per heavy atom. The zero-order valence-electron chi connectivity index (χ0n) is 15.5. The molecule has 1 aromatic rings. The average molecular weight is 463 g/mol. The molecule has 1 rings (SSSR count). The molecular weight excluding hydrogens is 442 g/mol. The molecule has 0 radical (unpaired) electrons. The van der Waals surface area contributed by atoms with Crippen LogP contribution in [0.1, 0.15) is 46.6 Å². The molecule has 0 unspecified atom stereocenters. The van der Waals surface area contributed by atoms with E-state index in [-0.39, 0.29) is 10.8 Å². The molecule has 0 fully saturated rings. The third-order valence-electron chi connectivity index (χ3n) is 3.88. The first kappa shape index (κ1) is 23.8. The molecule has 0 aliphatic carbocycles. The van der Waals surface area contributed by atoms with E-state index in [1.54, 1.807) is 0 Å². The van der Waals surface area contributed by atoms with Gasteiger partial charge in [0.2, 0.25) is 0 Å². The smallest absolute Gasteiger partial charge is 0.423 e. The summed E-state index contributed by atoms with van der Waals surface area (Å²) in [6.45, 7) is 10.1. The van der Waals surface area contributed by atoms with E-state index in [0.717, 1.165) is 12.0 Å². The van der Waals surface area contributed by atoms with E-state index in [0.29, 0.717) is 0 Å². The van der Waals surface area contributed by atoms with E-state index in [1.165, 1.54) is 40.2 Å². The summed E-state index contributed by atoms with van der Waals surface area (Å²) in [6.07, 6.45) is -11.1. The molecule has 0 bridgehead atoms. The van der Waals surface area contributed by atoms with Crippen LogP contribution in [-0.4, -0.2) is 22.6 Å². The van der Waals surface area contributed by atoms with Gasteiger partial charge in [-0.2, -0.15) is 26.3 Å². The van der Waals surface area contributed by atoms with Gasteiger partial charge in [0, 0.05) is 0 Å². The van der Waals surface area contributed by atoms with Crippen LogP contribution < -0.4 is 4.74 Å². The van der Waals surface area contributed by atoms with Gasteiger partial charge in [-0.15, -0.1) is 0 Å². The molecule has 154 valence electrons. The fourth-order valence-electron chi connectivity index (χ4n) is 2.97. The molecular formula is C18H21BrF6O2. The highest BCUT2D eigenvalue weighted by molar-refractivity contribution is 9.10. The van der Waals surface area contributed by atoms with Crippen molar-refractivity contribution in [3.05, 3.63) is 29.8 Å². The fourth-order valence-corrected chi connectivity index (χ4v) is 3.05. The largest absolute Gasteiger partial charge is 0.425 e. The Bertz CT molecular complexity index is 655. The van der Waals surface area contributed by atoms with Crippen molar-refractivity contribution in [1.82, 2.24) is 0 Å². The molecule has 0 aromatic heterocycles. The molecule has 0 saturated heterocycles. The van der Waals surface area contributed by atoms with E-state index < -0.39 is 28.4 Å². The van der Waals surface area contributed by atoms with Crippen LogP contribution >= 0.6 is 15.9 Å². The molecule has 0 heterocycles. The Kier molecular flexibility index (Phi) is 6.43. The standard InChI is InChI=1S/C18H21BrF6O2/c1-14(2,3)10-15(4,5)11-6-8-12(9-7-11)27-13(26)16(19,17(20,21)22)18(23,24)25/h6-9H,10H2,1-5H3. The van der Waals surface area contributed by atoms with E-state index in [4.69, 9.17) is 0 Å². The lowest BCUT2D eigenvalue weighted by atomic mass is 9.72. The van der Waals surface area contributed by atoms with Gasteiger partial charge in [0.1, 0.15) is 5.75 Å². The molecule has 2 nitrogen and oxygen atoms in total. The highest BCUT2D eigenvalue weighted by Gasteiger charge is 2.75. The minimum Gasteiger partial charge on any atom is -0.425 e. The summed E-state index contributed by atoms with van der Waals surface area (Å²) in [5.74, 6) is -2.91. The van der Waals surface area contributed by atoms with Gasteiger partial charge < -0.3 is 4.74 Å². The van der Waals surface area contributed by atoms with Crippen molar-refractivity contribution in [3.8, 4) is 5.75 Å². The number of ether oxygens (including phenoxy) is 1. The van der Waals surface area contributed by atoms with Crippen molar-refractivity contribution in [1.29, 1.82) is 0 Å². The predicted octanol–water partition coefficient (Wildman–Crippen LogP) is 6.56. The summed E-state index contributed by atoms with van der Waals surface area (Å²) in [5.41, 5.74) is 0.524. The maximum Gasteiger partial charge on any atom is 0.423 e. The van der Waals surface area contributed by atoms with Crippen LogP contribution in [-0.2, 0) is 10.2 Å². The van der Waals surface area contributed by atoms with Gasteiger partial charge >= 0.3 is 22.6 Å². The normalized spacial score (nSPS) is 14.2. The maximum absolute atomic E-state index is 12.9. The van der Waals surface area contributed by atoms with E-state index in [1.807, 2.05) is 13.8 Å². The van der Waals surface area contributed by atoms with Gasteiger partial charge in [-0.1, -0.05) is 62.7 Å². The summed E-state index contributed by atoms with van der Waals surface area (Å²) in [6, 6.07) is 5.40. The molecule has 27 heavy (non-hydrogen) atoms. The molecule has 1 aromatic carbocycles. The Labute approximate surface area is 162 Å². The van der Waals surface area contributed by atoms with Crippen LogP contribution in [0.4, 0.5) is 26.3 Å². The molecule has 0 N–H and O–H groups in total. The van der Waals surface area contributed by atoms with Crippen molar-refractivity contribution in [2.75, 3.05) is 0 Å². The van der Waals surface area contributed by atoms with Crippen LogP contribution in [0.3, 0.4) is 0 Å². The monoisotopic (exact) mass is 462 g/mol. The summed E-state index contributed by atoms with van der Waals surface area (Å²) in [7, 11) is 0. The van der Waals surface area contributed by atoms with Crippen molar-refractivity contribution in [2.24, 2.45) is 5.41 Å². The Morgan fingerprint density at radius 2 is 1.30 bits per heavy atom. The highest BCUT2D eigenvalue weighted by Crippen LogP contribution is 2.50. The van der Waals surface area contributed by atoms with Crippen molar-refractivity contribution in [3.63, 3.8) is 0 Å². The summed E-state index contributed by atoms with van der Waals surface area (Å²) < 4.78 is 76.8. The van der Waals surface area contributed by atoms with Gasteiger partial charge in [0.05, 0.1) is 0 Å². The van der Waals surface area contributed by atoms with Crippen molar-refractivity contribution in [2.45, 2.75) is 63.1 Å². The minimum absolute atomic E-state index is 0.00359. The number of benzene rings is 1. The topological polar surface area (TPSA) is 26.3 Å². The fraction of sp³-hybridized carbons (Fsp3) is 0.611. The molecule has 0 amide bonds. The number of halogens is 7. The number of alkyl halides is 7. The second-order valence-corrected chi connectivity index (χ2v) is 9.38. The SMILES string of the molecule is CC(C)(C)CC(C)(C)c1ccc(OC(=O)C(Br)(C(F)(F)F)C(F)(F)F)cc1. The summed E-state index contributed by atoms with van der Waals surface area (Å²) >= 11 is 1.50. The summed E-state index contributed by atoms with van der Waals surface area (Å²) in [5, 5.41) is 0.